The van der Waals surface area contributed by atoms with Crippen LogP contribution >= 0.6 is 23.8 Å². The Morgan fingerprint density at radius 2 is 1.83 bits per heavy atom. The van der Waals surface area contributed by atoms with E-state index in [0.717, 1.165) is 5.69 Å². The van der Waals surface area contributed by atoms with Crippen LogP contribution in [-0.2, 0) is 0 Å². The molecule has 0 unspecified atom stereocenters. The van der Waals surface area contributed by atoms with Crippen molar-refractivity contribution in [3.63, 3.8) is 0 Å². The van der Waals surface area contributed by atoms with Gasteiger partial charge in [0, 0.05) is 30.8 Å². The van der Waals surface area contributed by atoms with Crippen LogP contribution in [0.3, 0.4) is 0 Å². The molecule has 0 heterocycles. The number of hydrogen-bond donors (Lipinski definition) is 4. The average molecular weight is 287 g/mol. The van der Waals surface area contributed by atoms with E-state index in [4.69, 9.17) is 23.8 Å². The largest absolute Gasteiger partial charge is 0.361 e. The molecule has 18 heavy (non-hydrogen) atoms. The van der Waals surface area contributed by atoms with E-state index in [0.29, 0.717) is 23.2 Å². The van der Waals surface area contributed by atoms with Gasteiger partial charge in [-0.2, -0.15) is 0 Å². The zero-order valence-corrected chi connectivity index (χ0v) is 11.5. The van der Waals surface area contributed by atoms with Crippen molar-refractivity contribution in [1.29, 1.82) is 0 Å². The standard InChI is InChI=1S/C11H15ClN4OS/c1-13-10(17)14-6-7-15-11(18)16-9-4-2-8(12)3-5-9/h2-5H,6-7H2,1H3,(H2,13,14,17)(H2,15,16,18). The second kappa shape index (κ2) is 7.73. The molecule has 2 amide bonds. The first-order valence-corrected chi connectivity index (χ1v) is 6.16. The smallest absolute Gasteiger partial charge is 0.314 e. The fraction of sp³-hybridized carbons (Fsp3) is 0.273. The fourth-order valence-corrected chi connectivity index (χ4v) is 1.49. The highest BCUT2D eigenvalue weighted by Crippen LogP contribution is 2.12. The summed E-state index contributed by atoms with van der Waals surface area (Å²) in [5, 5.41) is 12.2. The highest BCUT2D eigenvalue weighted by atomic mass is 35.5. The highest BCUT2D eigenvalue weighted by molar-refractivity contribution is 7.80. The maximum atomic E-state index is 10.9. The Morgan fingerprint density at radius 3 is 2.44 bits per heavy atom. The maximum Gasteiger partial charge on any atom is 0.314 e. The number of anilines is 1. The van der Waals surface area contributed by atoms with E-state index in [-0.39, 0.29) is 6.03 Å². The van der Waals surface area contributed by atoms with Gasteiger partial charge < -0.3 is 21.3 Å². The van der Waals surface area contributed by atoms with Crippen molar-refractivity contribution in [1.82, 2.24) is 16.0 Å². The van der Waals surface area contributed by atoms with Crippen molar-refractivity contribution in [2.75, 3.05) is 25.5 Å². The van der Waals surface area contributed by atoms with Gasteiger partial charge in [0.2, 0.25) is 0 Å². The fourth-order valence-electron chi connectivity index (χ4n) is 1.15. The Bertz CT molecular complexity index is 410. The molecule has 0 aromatic heterocycles. The Balaban J connectivity index is 2.21. The topological polar surface area (TPSA) is 65.2 Å². The zero-order chi connectivity index (χ0) is 13.4. The Labute approximate surface area is 116 Å². The summed E-state index contributed by atoms with van der Waals surface area (Å²) in [6.45, 7) is 1.04. The van der Waals surface area contributed by atoms with Crippen LogP contribution in [0.25, 0.3) is 0 Å². The van der Waals surface area contributed by atoms with Crippen molar-refractivity contribution in [2.24, 2.45) is 0 Å². The molecule has 1 aromatic rings. The molecule has 0 aliphatic carbocycles. The first-order chi connectivity index (χ1) is 8.61. The molecule has 0 saturated heterocycles. The molecule has 4 N–H and O–H groups in total. The number of halogens is 1. The third-order valence-corrected chi connectivity index (χ3v) is 2.52. The lowest BCUT2D eigenvalue weighted by molar-refractivity contribution is 0.243. The van der Waals surface area contributed by atoms with E-state index in [9.17, 15) is 4.79 Å². The van der Waals surface area contributed by atoms with E-state index in [2.05, 4.69) is 21.3 Å². The predicted octanol–water partition coefficient (Wildman–Crippen LogP) is 1.56. The van der Waals surface area contributed by atoms with Gasteiger partial charge in [-0.1, -0.05) is 11.6 Å². The Kier molecular flexibility index (Phi) is 6.24. The molecule has 1 aromatic carbocycles. The van der Waals surface area contributed by atoms with Crippen LogP contribution in [0.15, 0.2) is 24.3 Å². The monoisotopic (exact) mass is 286 g/mol. The van der Waals surface area contributed by atoms with E-state index >= 15 is 0 Å². The third kappa shape index (κ3) is 5.70. The summed E-state index contributed by atoms with van der Waals surface area (Å²) in [5.41, 5.74) is 0.858. The van der Waals surface area contributed by atoms with Crippen LogP contribution < -0.4 is 21.3 Å². The second-order valence-corrected chi connectivity index (χ2v) is 4.24. The Hall–Kier alpha value is -1.53. The molecule has 0 saturated carbocycles. The number of amides is 2. The SMILES string of the molecule is CNC(=O)NCCNC(=S)Nc1ccc(Cl)cc1. The summed E-state index contributed by atoms with van der Waals surface area (Å²) in [4.78, 5) is 10.9. The van der Waals surface area contributed by atoms with Crippen molar-refractivity contribution in [2.45, 2.75) is 0 Å². The van der Waals surface area contributed by atoms with Gasteiger partial charge in [-0.15, -0.1) is 0 Å². The molecule has 0 fully saturated rings. The van der Waals surface area contributed by atoms with E-state index in [1.807, 2.05) is 12.1 Å². The molecule has 5 nitrogen and oxygen atoms in total. The minimum atomic E-state index is -0.214. The number of rotatable bonds is 4. The summed E-state index contributed by atoms with van der Waals surface area (Å²) in [6, 6.07) is 7.01. The van der Waals surface area contributed by atoms with Gasteiger partial charge in [0.1, 0.15) is 0 Å². The lowest BCUT2D eigenvalue weighted by Crippen LogP contribution is -2.39. The zero-order valence-electron chi connectivity index (χ0n) is 9.92. The normalized spacial score (nSPS) is 9.44. The number of nitrogens with one attached hydrogen (secondary N) is 4. The van der Waals surface area contributed by atoms with Gasteiger partial charge >= 0.3 is 6.03 Å². The number of carbonyl (C=O) groups excluding carboxylic acids is 1. The van der Waals surface area contributed by atoms with Crippen LogP contribution in [0.4, 0.5) is 10.5 Å². The van der Waals surface area contributed by atoms with Gasteiger partial charge in [-0.25, -0.2) is 4.79 Å². The molecule has 0 aliphatic rings. The molecule has 0 aliphatic heterocycles. The predicted molar refractivity (Wildman–Crippen MR) is 78.1 cm³/mol. The molecular formula is C11H15ClN4OS. The first-order valence-electron chi connectivity index (χ1n) is 5.38. The molecule has 0 atom stereocenters. The minimum Gasteiger partial charge on any atom is -0.361 e. The molecule has 98 valence electrons. The summed E-state index contributed by atoms with van der Waals surface area (Å²) in [6.07, 6.45) is 0. The van der Waals surface area contributed by atoms with Gasteiger partial charge in [-0.05, 0) is 36.5 Å². The molecule has 7 heteroatoms. The van der Waals surface area contributed by atoms with Crippen LogP contribution in [0, 0.1) is 0 Å². The molecule has 0 spiro atoms. The van der Waals surface area contributed by atoms with Crippen molar-refractivity contribution < 1.29 is 4.79 Å². The number of hydrogen-bond acceptors (Lipinski definition) is 2. The van der Waals surface area contributed by atoms with E-state index in [1.165, 1.54) is 0 Å². The first kappa shape index (κ1) is 14.5. The number of carbonyl (C=O) groups is 1. The van der Waals surface area contributed by atoms with E-state index < -0.39 is 0 Å². The van der Waals surface area contributed by atoms with Crippen LogP contribution in [0.1, 0.15) is 0 Å². The number of thiocarbonyl (C=S) groups is 1. The van der Waals surface area contributed by atoms with Crippen LogP contribution in [0.2, 0.25) is 5.02 Å². The van der Waals surface area contributed by atoms with Crippen molar-refractivity contribution in [3.05, 3.63) is 29.3 Å². The van der Waals surface area contributed by atoms with Crippen LogP contribution in [-0.4, -0.2) is 31.3 Å². The van der Waals surface area contributed by atoms with Crippen molar-refractivity contribution >= 4 is 40.6 Å². The summed E-state index contributed by atoms with van der Waals surface area (Å²) in [7, 11) is 1.56. The molecule has 1 rings (SSSR count). The van der Waals surface area contributed by atoms with Gasteiger partial charge in [0.05, 0.1) is 0 Å². The molecular weight excluding hydrogens is 272 g/mol. The van der Waals surface area contributed by atoms with Gasteiger partial charge in [0.15, 0.2) is 5.11 Å². The highest BCUT2D eigenvalue weighted by Gasteiger charge is 1.98. The summed E-state index contributed by atoms with van der Waals surface area (Å²) >= 11 is 10.9. The lowest BCUT2D eigenvalue weighted by atomic mass is 10.3. The second-order valence-electron chi connectivity index (χ2n) is 3.39. The molecule has 0 bridgehead atoms. The Morgan fingerprint density at radius 1 is 1.22 bits per heavy atom. The number of urea groups is 1. The molecule has 0 radical (unpaired) electrons. The summed E-state index contributed by atoms with van der Waals surface area (Å²) < 4.78 is 0. The number of benzene rings is 1. The van der Waals surface area contributed by atoms with Gasteiger partial charge in [-0.3, -0.25) is 0 Å². The lowest BCUT2D eigenvalue weighted by Gasteiger charge is -2.11. The third-order valence-electron chi connectivity index (χ3n) is 2.03. The summed E-state index contributed by atoms with van der Waals surface area (Å²) in [5.74, 6) is 0. The minimum absolute atomic E-state index is 0.214. The van der Waals surface area contributed by atoms with Gasteiger partial charge in [0.25, 0.3) is 0 Å². The maximum absolute atomic E-state index is 10.9. The quantitative estimate of drug-likeness (QED) is 0.501. The van der Waals surface area contributed by atoms with E-state index in [1.54, 1.807) is 19.2 Å². The average Bonchev–Trinajstić information content (AvgIpc) is 2.37. The van der Waals surface area contributed by atoms with Crippen LogP contribution in [0.5, 0.6) is 0 Å². The van der Waals surface area contributed by atoms with Crippen molar-refractivity contribution in [3.8, 4) is 0 Å².